The highest BCUT2D eigenvalue weighted by atomic mass is 127. The molecule has 0 bridgehead atoms. The largest absolute Gasteiger partial charge is 0.350 e. The second-order valence-corrected chi connectivity index (χ2v) is 9.03. The van der Waals surface area contributed by atoms with Crippen molar-refractivity contribution in [2.75, 3.05) is 5.32 Å². The lowest BCUT2D eigenvalue weighted by Crippen LogP contribution is -2.31. The molecular formula is C20H15BrClIN6O2. The molecule has 158 valence electrons. The van der Waals surface area contributed by atoms with Gasteiger partial charge in [-0.05, 0) is 76.6 Å². The molecule has 2 aromatic heterocycles. The summed E-state index contributed by atoms with van der Waals surface area (Å²) in [6.07, 6.45) is 1.54. The van der Waals surface area contributed by atoms with Crippen LogP contribution in [0.4, 0.5) is 5.69 Å². The number of halogens is 3. The van der Waals surface area contributed by atoms with Crippen LogP contribution in [0.3, 0.4) is 0 Å². The fraction of sp³-hybridized carbons (Fsp3) is 0.150. The van der Waals surface area contributed by atoms with Gasteiger partial charge in [0, 0.05) is 21.9 Å². The van der Waals surface area contributed by atoms with Gasteiger partial charge in [-0.15, -0.1) is 0 Å². The number of nitriles is 1. The van der Waals surface area contributed by atoms with Crippen molar-refractivity contribution in [1.29, 1.82) is 5.26 Å². The molecule has 0 saturated heterocycles. The van der Waals surface area contributed by atoms with Crippen molar-refractivity contribution in [3.05, 3.63) is 66.5 Å². The first-order chi connectivity index (χ1) is 14.7. The Morgan fingerprint density at radius 1 is 1.29 bits per heavy atom. The Hall–Kier alpha value is -2.49. The van der Waals surface area contributed by atoms with E-state index in [1.165, 1.54) is 23.0 Å². The van der Waals surface area contributed by atoms with E-state index >= 15 is 0 Å². The van der Waals surface area contributed by atoms with Crippen LogP contribution in [0, 0.1) is 14.9 Å². The second-order valence-electron chi connectivity index (χ2n) is 6.65. The minimum Gasteiger partial charge on any atom is -0.350 e. The van der Waals surface area contributed by atoms with Crippen LogP contribution in [0.25, 0.3) is 5.82 Å². The SMILES string of the molecule is CC(C)NC(=O)c1cc(C#N)cc(I)c1NC(=O)c1cc(Br)nn1-c1ncccc1Cl. The zero-order valence-electron chi connectivity index (χ0n) is 16.3. The summed E-state index contributed by atoms with van der Waals surface area (Å²) in [7, 11) is 0. The molecule has 3 aromatic rings. The number of benzene rings is 1. The van der Waals surface area contributed by atoms with Gasteiger partial charge >= 0.3 is 0 Å². The third kappa shape index (κ3) is 5.23. The normalized spacial score (nSPS) is 10.6. The van der Waals surface area contributed by atoms with Crippen LogP contribution in [0.15, 0.2) is 41.1 Å². The van der Waals surface area contributed by atoms with Crippen LogP contribution in [-0.4, -0.2) is 32.6 Å². The van der Waals surface area contributed by atoms with Crippen LogP contribution in [-0.2, 0) is 0 Å². The van der Waals surface area contributed by atoms with E-state index in [9.17, 15) is 14.9 Å². The summed E-state index contributed by atoms with van der Waals surface area (Å²) in [5.74, 6) is -0.642. The summed E-state index contributed by atoms with van der Waals surface area (Å²) in [4.78, 5) is 30.1. The van der Waals surface area contributed by atoms with Crippen LogP contribution in [0.2, 0.25) is 5.02 Å². The molecule has 11 heteroatoms. The molecule has 8 nitrogen and oxygen atoms in total. The van der Waals surface area contributed by atoms with Gasteiger partial charge in [-0.3, -0.25) is 9.59 Å². The molecule has 1 aromatic carbocycles. The lowest BCUT2D eigenvalue weighted by molar-refractivity contribution is 0.0944. The van der Waals surface area contributed by atoms with Crippen LogP contribution >= 0.6 is 50.1 Å². The zero-order valence-corrected chi connectivity index (χ0v) is 20.8. The third-order valence-electron chi connectivity index (χ3n) is 3.97. The molecule has 2 amide bonds. The number of hydrogen-bond acceptors (Lipinski definition) is 5. The monoisotopic (exact) mass is 612 g/mol. The minimum absolute atomic E-state index is 0.122. The summed E-state index contributed by atoms with van der Waals surface area (Å²) in [6, 6.07) is 9.76. The maximum Gasteiger partial charge on any atom is 0.274 e. The van der Waals surface area contributed by atoms with Crippen molar-refractivity contribution in [3.8, 4) is 11.9 Å². The van der Waals surface area contributed by atoms with Crippen LogP contribution in [0.5, 0.6) is 0 Å². The summed E-state index contributed by atoms with van der Waals surface area (Å²) in [5.41, 5.74) is 0.942. The number of carbonyl (C=O) groups is 2. The molecule has 0 aliphatic heterocycles. The van der Waals surface area contributed by atoms with Crippen molar-refractivity contribution in [2.24, 2.45) is 0 Å². The number of pyridine rings is 1. The number of carbonyl (C=O) groups excluding carboxylic acids is 2. The Kier molecular flexibility index (Phi) is 7.30. The summed E-state index contributed by atoms with van der Waals surface area (Å²) in [5, 5.41) is 19.4. The van der Waals surface area contributed by atoms with Gasteiger partial charge in [0.05, 0.1) is 27.9 Å². The molecule has 2 N–H and O–H groups in total. The average Bonchev–Trinajstić information content (AvgIpc) is 3.10. The van der Waals surface area contributed by atoms with Crippen LogP contribution < -0.4 is 10.6 Å². The van der Waals surface area contributed by atoms with E-state index in [-0.39, 0.29) is 23.1 Å². The van der Waals surface area contributed by atoms with Gasteiger partial charge < -0.3 is 10.6 Å². The molecule has 0 unspecified atom stereocenters. The Labute approximate surface area is 205 Å². The van der Waals surface area contributed by atoms with Gasteiger partial charge in [0.2, 0.25) is 0 Å². The number of nitrogens with zero attached hydrogens (tertiary/aromatic N) is 4. The van der Waals surface area contributed by atoms with Gasteiger partial charge in [-0.1, -0.05) is 11.6 Å². The molecule has 0 spiro atoms. The maximum absolute atomic E-state index is 13.2. The molecule has 0 fully saturated rings. The van der Waals surface area contributed by atoms with Gasteiger partial charge in [0.1, 0.15) is 10.3 Å². The van der Waals surface area contributed by atoms with E-state index in [0.29, 0.717) is 24.4 Å². The van der Waals surface area contributed by atoms with Gasteiger partial charge in [-0.2, -0.15) is 10.4 Å². The predicted octanol–water partition coefficient (Wildman–Crippen LogP) is 4.55. The summed E-state index contributed by atoms with van der Waals surface area (Å²) in [6.45, 7) is 3.64. The Bertz CT molecular complexity index is 1220. The third-order valence-corrected chi connectivity index (χ3v) is 5.51. The first kappa shape index (κ1) is 23.2. The fourth-order valence-corrected chi connectivity index (χ4v) is 4.04. The standard InChI is InChI=1S/C20H15BrClIN6O2/c1-10(2)26-19(30)12-6-11(9-24)7-14(23)17(12)27-20(31)15-8-16(21)28-29(15)18-13(22)4-3-5-25-18/h3-8,10H,1-2H3,(H,26,30)(H,27,31). The quantitative estimate of drug-likeness (QED) is 0.410. The molecule has 3 rings (SSSR count). The number of rotatable bonds is 5. The molecule has 2 heterocycles. The molecule has 0 radical (unpaired) electrons. The number of amides is 2. The lowest BCUT2D eigenvalue weighted by atomic mass is 10.1. The molecule has 0 aliphatic carbocycles. The van der Waals surface area contributed by atoms with Gasteiger partial charge in [0.25, 0.3) is 11.8 Å². The van der Waals surface area contributed by atoms with E-state index in [1.807, 2.05) is 42.5 Å². The van der Waals surface area contributed by atoms with E-state index in [2.05, 4.69) is 36.6 Å². The smallest absolute Gasteiger partial charge is 0.274 e. The second kappa shape index (κ2) is 9.76. The van der Waals surface area contributed by atoms with Crippen LogP contribution in [0.1, 0.15) is 40.3 Å². The number of anilines is 1. The molecule has 0 atom stereocenters. The highest BCUT2D eigenvalue weighted by Crippen LogP contribution is 2.27. The summed E-state index contributed by atoms with van der Waals surface area (Å²) < 4.78 is 2.26. The van der Waals surface area contributed by atoms with Crippen molar-refractivity contribution >= 4 is 67.6 Å². The highest BCUT2D eigenvalue weighted by Gasteiger charge is 2.23. The molecule has 0 aliphatic rings. The highest BCUT2D eigenvalue weighted by molar-refractivity contribution is 14.1. The number of nitrogens with one attached hydrogen (secondary N) is 2. The topological polar surface area (TPSA) is 113 Å². The minimum atomic E-state index is -0.527. The van der Waals surface area contributed by atoms with Crippen molar-refractivity contribution < 1.29 is 9.59 Å². The van der Waals surface area contributed by atoms with Gasteiger partial charge in [0.15, 0.2) is 5.82 Å². The summed E-state index contributed by atoms with van der Waals surface area (Å²) >= 11 is 11.5. The average molecular weight is 614 g/mol. The number of aromatic nitrogens is 3. The molecular weight excluding hydrogens is 599 g/mol. The fourth-order valence-electron chi connectivity index (χ4n) is 2.70. The predicted molar refractivity (Wildman–Crippen MR) is 128 cm³/mol. The maximum atomic E-state index is 13.2. The molecule has 0 saturated carbocycles. The molecule has 31 heavy (non-hydrogen) atoms. The van der Waals surface area contributed by atoms with E-state index in [0.717, 1.165) is 0 Å². The van der Waals surface area contributed by atoms with E-state index in [1.54, 1.807) is 18.2 Å². The first-order valence-electron chi connectivity index (χ1n) is 8.93. The van der Waals surface area contributed by atoms with Gasteiger partial charge in [-0.25, -0.2) is 9.67 Å². The van der Waals surface area contributed by atoms with E-state index < -0.39 is 11.8 Å². The Morgan fingerprint density at radius 3 is 2.68 bits per heavy atom. The Balaban J connectivity index is 2.05. The van der Waals surface area contributed by atoms with E-state index in [4.69, 9.17) is 11.6 Å². The van der Waals surface area contributed by atoms with Crippen molar-refractivity contribution in [2.45, 2.75) is 19.9 Å². The zero-order chi connectivity index (χ0) is 22.7. The lowest BCUT2D eigenvalue weighted by Gasteiger charge is -2.16. The number of hydrogen-bond donors (Lipinski definition) is 2. The van der Waals surface area contributed by atoms with Crippen molar-refractivity contribution in [3.63, 3.8) is 0 Å². The van der Waals surface area contributed by atoms with Crippen molar-refractivity contribution in [1.82, 2.24) is 20.1 Å². The first-order valence-corrected chi connectivity index (χ1v) is 11.2. The Morgan fingerprint density at radius 2 is 2.03 bits per heavy atom.